The van der Waals surface area contributed by atoms with Crippen molar-refractivity contribution in [3.8, 4) is 5.69 Å². The molecule has 1 atom stereocenters. The van der Waals surface area contributed by atoms with Crippen molar-refractivity contribution in [1.82, 2.24) is 25.0 Å². The van der Waals surface area contributed by atoms with E-state index in [-0.39, 0.29) is 6.04 Å². The largest absolute Gasteiger partial charge is 0.378 e. The number of ether oxygens (including phenoxy) is 1. The molecule has 1 saturated heterocycles. The fourth-order valence-electron chi connectivity index (χ4n) is 3.51. The van der Waals surface area contributed by atoms with E-state index in [1.54, 1.807) is 6.20 Å². The summed E-state index contributed by atoms with van der Waals surface area (Å²) < 4.78 is 12.5. The summed E-state index contributed by atoms with van der Waals surface area (Å²) in [6, 6.07) is 10.3. The molecule has 3 aromatic rings. The van der Waals surface area contributed by atoms with Crippen LogP contribution in [0.4, 0.5) is 0 Å². The number of rotatable bonds is 4. The van der Waals surface area contributed by atoms with Crippen LogP contribution in [-0.2, 0) is 11.3 Å². The second-order valence-electron chi connectivity index (χ2n) is 6.29. The molecule has 25 heavy (non-hydrogen) atoms. The van der Waals surface area contributed by atoms with Gasteiger partial charge in [-0.3, -0.25) is 4.90 Å². The molecule has 3 heterocycles. The lowest BCUT2D eigenvalue weighted by molar-refractivity contribution is -0.0140. The van der Waals surface area contributed by atoms with Gasteiger partial charge in [0.1, 0.15) is 5.69 Å². The highest BCUT2D eigenvalue weighted by Crippen LogP contribution is 2.31. The SMILES string of the molecule is Cc1nn(-c2ccccc2)c(C)c1C1COCCN1Cc1cnon1. The highest BCUT2D eigenvalue weighted by Gasteiger charge is 2.30. The van der Waals surface area contributed by atoms with Gasteiger partial charge in [0, 0.05) is 24.3 Å². The average Bonchev–Trinajstić information content (AvgIpc) is 3.24. The normalized spacial score (nSPS) is 18.6. The Morgan fingerprint density at radius 1 is 1.20 bits per heavy atom. The summed E-state index contributed by atoms with van der Waals surface area (Å²) in [7, 11) is 0. The van der Waals surface area contributed by atoms with Gasteiger partial charge in [-0.15, -0.1) is 0 Å². The van der Waals surface area contributed by atoms with Gasteiger partial charge in [0.15, 0.2) is 0 Å². The molecule has 0 N–H and O–H groups in total. The topological polar surface area (TPSA) is 69.2 Å². The van der Waals surface area contributed by atoms with E-state index < -0.39 is 0 Å². The smallest absolute Gasteiger partial charge is 0.119 e. The molecular weight excluding hydrogens is 318 g/mol. The maximum Gasteiger partial charge on any atom is 0.119 e. The summed E-state index contributed by atoms with van der Waals surface area (Å²) in [6.07, 6.45) is 1.67. The summed E-state index contributed by atoms with van der Waals surface area (Å²) in [5.41, 5.74) is 5.29. The van der Waals surface area contributed by atoms with E-state index in [1.165, 1.54) is 5.56 Å². The van der Waals surface area contributed by atoms with Crippen molar-refractivity contribution in [3.05, 3.63) is 59.2 Å². The van der Waals surface area contributed by atoms with Gasteiger partial charge < -0.3 is 4.74 Å². The molecule has 130 valence electrons. The first-order chi connectivity index (χ1) is 12.2. The second-order valence-corrected chi connectivity index (χ2v) is 6.29. The predicted molar refractivity (Wildman–Crippen MR) is 91.3 cm³/mol. The molecule has 0 spiro atoms. The number of aryl methyl sites for hydroxylation is 1. The maximum absolute atomic E-state index is 5.77. The van der Waals surface area contributed by atoms with Crippen molar-refractivity contribution in [2.75, 3.05) is 19.8 Å². The Morgan fingerprint density at radius 3 is 2.80 bits per heavy atom. The van der Waals surface area contributed by atoms with Crippen LogP contribution in [0.3, 0.4) is 0 Å². The zero-order valence-corrected chi connectivity index (χ0v) is 14.4. The molecule has 1 aromatic carbocycles. The zero-order chi connectivity index (χ0) is 17.2. The summed E-state index contributed by atoms with van der Waals surface area (Å²) in [4.78, 5) is 2.36. The number of morpholine rings is 1. The summed E-state index contributed by atoms with van der Waals surface area (Å²) in [5, 5.41) is 12.4. The van der Waals surface area contributed by atoms with Crippen LogP contribution in [0.5, 0.6) is 0 Å². The van der Waals surface area contributed by atoms with Gasteiger partial charge in [-0.05, 0) is 26.0 Å². The summed E-state index contributed by atoms with van der Waals surface area (Å²) >= 11 is 0. The highest BCUT2D eigenvalue weighted by molar-refractivity contribution is 5.38. The molecule has 4 rings (SSSR count). The third-order valence-electron chi connectivity index (χ3n) is 4.69. The van der Waals surface area contributed by atoms with Gasteiger partial charge in [-0.1, -0.05) is 28.5 Å². The fraction of sp³-hybridized carbons (Fsp3) is 0.389. The summed E-state index contributed by atoms with van der Waals surface area (Å²) in [6.45, 7) is 7.07. The number of hydrogen-bond acceptors (Lipinski definition) is 6. The minimum Gasteiger partial charge on any atom is -0.378 e. The average molecular weight is 339 g/mol. The predicted octanol–water partition coefficient (Wildman–Crippen LogP) is 2.45. The van der Waals surface area contributed by atoms with E-state index >= 15 is 0 Å². The zero-order valence-electron chi connectivity index (χ0n) is 14.4. The van der Waals surface area contributed by atoms with Crippen molar-refractivity contribution in [2.45, 2.75) is 26.4 Å². The van der Waals surface area contributed by atoms with Gasteiger partial charge in [-0.25, -0.2) is 9.31 Å². The Balaban J connectivity index is 1.68. The lowest BCUT2D eigenvalue weighted by atomic mass is 10.0. The summed E-state index contributed by atoms with van der Waals surface area (Å²) in [5.74, 6) is 0. The third-order valence-corrected chi connectivity index (χ3v) is 4.69. The van der Waals surface area contributed by atoms with Crippen LogP contribution < -0.4 is 0 Å². The Kier molecular flexibility index (Phi) is 4.33. The van der Waals surface area contributed by atoms with Crippen LogP contribution in [0.25, 0.3) is 5.69 Å². The fourth-order valence-corrected chi connectivity index (χ4v) is 3.51. The number of aromatic nitrogens is 4. The standard InChI is InChI=1S/C18H21N5O2/c1-13-18(14(2)23(20-13)16-6-4-3-5-7-16)17-12-24-9-8-22(17)11-15-10-19-25-21-15/h3-7,10,17H,8-9,11-12H2,1-2H3. The third kappa shape index (κ3) is 3.08. The van der Waals surface area contributed by atoms with Crippen LogP contribution in [-0.4, -0.2) is 44.8 Å². The number of benzene rings is 1. The van der Waals surface area contributed by atoms with Crippen LogP contribution in [0.2, 0.25) is 0 Å². The van der Waals surface area contributed by atoms with Crippen LogP contribution in [0.15, 0.2) is 41.2 Å². The van der Waals surface area contributed by atoms with Crippen molar-refractivity contribution >= 4 is 0 Å². The molecule has 1 unspecified atom stereocenters. The molecule has 0 saturated carbocycles. The van der Waals surface area contributed by atoms with Crippen molar-refractivity contribution in [3.63, 3.8) is 0 Å². The van der Waals surface area contributed by atoms with Gasteiger partial charge in [0.05, 0.1) is 36.8 Å². The molecule has 1 aliphatic rings. The van der Waals surface area contributed by atoms with Gasteiger partial charge in [0.2, 0.25) is 0 Å². The van der Waals surface area contributed by atoms with Crippen LogP contribution in [0, 0.1) is 13.8 Å². The van der Waals surface area contributed by atoms with Crippen LogP contribution in [0.1, 0.15) is 28.7 Å². The minimum absolute atomic E-state index is 0.142. The molecule has 7 heteroatoms. The molecule has 0 bridgehead atoms. The molecule has 0 aliphatic carbocycles. The van der Waals surface area contributed by atoms with Crippen molar-refractivity contribution in [2.24, 2.45) is 0 Å². The monoisotopic (exact) mass is 339 g/mol. The first-order valence-corrected chi connectivity index (χ1v) is 8.44. The molecule has 0 radical (unpaired) electrons. The van der Waals surface area contributed by atoms with E-state index in [4.69, 9.17) is 14.5 Å². The van der Waals surface area contributed by atoms with E-state index in [0.29, 0.717) is 19.8 Å². The number of para-hydroxylation sites is 1. The lowest BCUT2D eigenvalue weighted by Gasteiger charge is -2.35. The van der Waals surface area contributed by atoms with Crippen LogP contribution >= 0.6 is 0 Å². The first-order valence-electron chi connectivity index (χ1n) is 8.44. The Labute approximate surface area is 146 Å². The first kappa shape index (κ1) is 16.0. The van der Waals surface area contributed by atoms with Gasteiger partial charge in [0.25, 0.3) is 0 Å². The Bertz CT molecular complexity index is 829. The van der Waals surface area contributed by atoms with Gasteiger partial charge >= 0.3 is 0 Å². The Morgan fingerprint density at radius 2 is 2.04 bits per heavy atom. The van der Waals surface area contributed by atoms with Crippen molar-refractivity contribution in [1.29, 1.82) is 0 Å². The quantitative estimate of drug-likeness (QED) is 0.727. The van der Waals surface area contributed by atoms with E-state index in [0.717, 1.165) is 29.3 Å². The number of hydrogen-bond donors (Lipinski definition) is 0. The molecule has 2 aromatic heterocycles. The van der Waals surface area contributed by atoms with Gasteiger partial charge in [-0.2, -0.15) is 5.10 Å². The lowest BCUT2D eigenvalue weighted by Crippen LogP contribution is -2.39. The van der Waals surface area contributed by atoms with Crippen molar-refractivity contribution < 1.29 is 9.37 Å². The van der Waals surface area contributed by atoms with E-state index in [2.05, 4.69) is 41.2 Å². The molecule has 1 fully saturated rings. The minimum atomic E-state index is 0.142. The second kappa shape index (κ2) is 6.78. The molecule has 1 aliphatic heterocycles. The highest BCUT2D eigenvalue weighted by atomic mass is 16.6. The molecular formula is C18H21N5O2. The maximum atomic E-state index is 5.77. The van der Waals surface area contributed by atoms with E-state index in [9.17, 15) is 0 Å². The Hall–Kier alpha value is -2.51. The number of nitrogens with zero attached hydrogens (tertiary/aromatic N) is 5. The molecule has 7 nitrogen and oxygen atoms in total. The van der Waals surface area contributed by atoms with E-state index in [1.807, 2.05) is 22.9 Å². The molecule has 0 amide bonds.